The van der Waals surface area contributed by atoms with Crippen molar-refractivity contribution in [3.8, 4) is 22.5 Å². The second-order valence-electron chi connectivity index (χ2n) is 10.2. The zero-order valence-electron chi connectivity index (χ0n) is 23.4. The molecular weight excluding hydrogens is 572 g/mol. The predicted octanol–water partition coefficient (Wildman–Crippen LogP) is 6.01. The van der Waals surface area contributed by atoms with Crippen LogP contribution in [0.15, 0.2) is 94.7 Å². The van der Waals surface area contributed by atoms with Gasteiger partial charge in [-0.2, -0.15) is 0 Å². The Morgan fingerprint density at radius 2 is 1.60 bits per heavy atom. The van der Waals surface area contributed by atoms with Crippen molar-refractivity contribution >= 4 is 33.1 Å². The van der Waals surface area contributed by atoms with Gasteiger partial charge >= 0.3 is 0 Å². The van der Waals surface area contributed by atoms with E-state index >= 15 is 0 Å². The predicted molar refractivity (Wildman–Crippen MR) is 166 cm³/mol. The highest BCUT2D eigenvalue weighted by Gasteiger charge is 2.16. The molecule has 0 aliphatic carbocycles. The number of sulfone groups is 1. The molecule has 10 heteroatoms. The van der Waals surface area contributed by atoms with E-state index in [0.29, 0.717) is 28.6 Å². The molecule has 0 fully saturated rings. The van der Waals surface area contributed by atoms with Crippen molar-refractivity contribution in [3.63, 3.8) is 0 Å². The fourth-order valence-electron chi connectivity index (χ4n) is 4.77. The number of benzene rings is 3. The maximum absolute atomic E-state index is 13.2. The van der Waals surface area contributed by atoms with Gasteiger partial charge in [0.25, 0.3) is 11.5 Å². The van der Waals surface area contributed by atoms with Crippen molar-refractivity contribution in [2.75, 3.05) is 6.26 Å². The van der Waals surface area contributed by atoms with E-state index in [2.05, 4.69) is 16.8 Å². The fraction of sp³-hybridized carbons (Fsp3) is 0.219. The van der Waals surface area contributed by atoms with E-state index in [0.717, 1.165) is 47.9 Å². The number of hydrogen-bond donors (Lipinski definition) is 1. The smallest absolute Gasteiger partial charge is 0.259 e. The quantitative estimate of drug-likeness (QED) is 0.197. The highest BCUT2D eigenvalue weighted by molar-refractivity contribution is 7.90. The molecule has 1 N–H and O–H groups in total. The van der Waals surface area contributed by atoms with E-state index in [4.69, 9.17) is 16.6 Å². The van der Waals surface area contributed by atoms with E-state index < -0.39 is 9.84 Å². The SMILES string of the molecule is CCCCCn1c(-c2ccc(C(=O)NCc3ccc(S(C)(=O)=O)cc3)cc2)cc(=O)n2cc(-c3ccc(Cl)cc3)nc12. The molecule has 0 spiro atoms. The van der Waals surface area contributed by atoms with Crippen LogP contribution in [-0.2, 0) is 22.9 Å². The molecule has 0 radical (unpaired) electrons. The summed E-state index contributed by atoms with van der Waals surface area (Å²) in [6.07, 6.45) is 5.93. The van der Waals surface area contributed by atoms with Crippen molar-refractivity contribution in [2.24, 2.45) is 0 Å². The third-order valence-electron chi connectivity index (χ3n) is 7.09. The minimum atomic E-state index is -3.28. The summed E-state index contributed by atoms with van der Waals surface area (Å²) in [5.74, 6) is 0.299. The average Bonchev–Trinajstić information content (AvgIpc) is 3.43. The molecule has 2 aromatic heterocycles. The highest BCUT2D eigenvalue weighted by atomic mass is 35.5. The molecule has 0 aliphatic heterocycles. The van der Waals surface area contributed by atoms with Crippen LogP contribution >= 0.6 is 11.6 Å². The third-order valence-corrected chi connectivity index (χ3v) is 8.47. The Bertz CT molecular complexity index is 1890. The first-order chi connectivity index (χ1) is 20.1. The molecule has 2 heterocycles. The van der Waals surface area contributed by atoms with Crippen LogP contribution in [0.3, 0.4) is 0 Å². The number of halogens is 1. The van der Waals surface area contributed by atoms with Gasteiger partial charge in [-0.3, -0.25) is 14.0 Å². The van der Waals surface area contributed by atoms with Crippen LogP contribution in [0.25, 0.3) is 28.3 Å². The van der Waals surface area contributed by atoms with Crippen LogP contribution < -0.4 is 10.9 Å². The van der Waals surface area contributed by atoms with Crippen LogP contribution in [0.1, 0.15) is 42.1 Å². The van der Waals surface area contributed by atoms with Crippen LogP contribution in [0.4, 0.5) is 0 Å². The van der Waals surface area contributed by atoms with Crippen molar-refractivity contribution in [2.45, 2.75) is 44.2 Å². The summed E-state index contributed by atoms with van der Waals surface area (Å²) >= 11 is 6.06. The first-order valence-electron chi connectivity index (χ1n) is 13.7. The summed E-state index contributed by atoms with van der Waals surface area (Å²) in [7, 11) is -3.28. The molecule has 0 bridgehead atoms. The number of aryl methyl sites for hydroxylation is 1. The van der Waals surface area contributed by atoms with Crippen LogP contribution in [0, 0.1) is 0 Å². The molecular formula is C32H31ClN4O4S. The van der Waals surface area contributed by atoms with E-state index in [9.17, 15) is 18.0 Å². The summed E-state index contributed by atoms with van der Waals surface area (Å²) < 4.78 is 27.0. The van der Waals surface area contributed by atoms with E-state index in [1.165, 1.54) is 12.1 Å². The maximum atomic E-state index is 13.2. The van der Waals surface area contributed by atoms with E-state index in [1.54, 1.807) is 53.1 Å². The molecule has 0 aliphatic rings. The maximum Gasteiger partial charge on any atom is 0.259 e. The van der Waals surface area contributed by atoms with Gasteiger partial charge in [-0.25, -0.2) is 13.4 Å². The number of fused-ring (bicyclic) bond motifs is 1. The Morgan fingerprint density at radius 3 is 2.24 bits per heavy atom. The molecule has 0 saturated heterocycles. The highest BCUT2D eigenvalue weighted by Crippen LogP contribution is 2.25. The van der Waals surface area contributed by atoms with Gasteiger partial charge in [0.1, 0.15) is 0 Å². The lowest BCUT2D eigenvalue weighted by Crippen LogP contribution is -2.22. The van der Waals surface area contributed by atoms with Crippen LogP contribution in [-0.4, -0.2) is 34.5 Å². The van der Waals surface area contributed by atoms with Gasteiger partial charge in [-0.1, -0.05) is 67.8 Å². The van der Waals surface area contributed by atoms with Crippen LogP contribution in [0.2, 0.25) is 5.02 Å². The zero-order valence-corrected chi connectivity index (χ0v) is 25.0. The second kappa shape index (κ2) is 12.3. The monoisotopic (exact) mass is 602 g/mol. The van der Waals surface area contributed by atoms with Crippen molar-refractivity contribution in [1.29, 1.82) is 0 Å². The van der Waals surface area contributed by atoms with Gasteiger partial charge < -0.3 is 9.88 Å². The number of aromatic nitrogens is 3. The lowest BCUT2D eigenvalue weighted by molar-refractivity contribution is 0.0951. The zero-order chi connectivity index (χ0) is 29.9. The number of nitrogens with zero attached hydrogens (tertiary/aromatic N) is 3. The summed E-state index contributed by atoms with van der Waals surface area (Å²) in [4.78, 5) is 31.1. The first-order valence-corrected chi connectivity index (χ1v) is 16.0. The van der Waals surface area contributed by atoms with Gasteiger partial charge in [0.15, 0.2) is 9.84 Å². The van der Waals surface area contributed by atoms with Crippen molar-refractivity contribution in [1.82, 2.24) is 19.3 Å². The summed E-state index contributed by atoms with van der Waals surface area (Å²) in [6.45, 7) is 3.09. The van der Waals surface area contributed by atoms with Gasteiger partial charge in [-0.15, -0.1) is 0 Å². The van der Waals surface area contributed by atoms with Crippen molar-refractivity contribution < 1.29 is 13.2 Å². The standard InChI is InChI=1S/C32H31ClN4O4S/c1-3-4-5-18-36-29(19-30(38)37-21-28(35-32(36)37)23-12-14-26(33)15-13-23)24-8-10-25(11-9-24)31(39)34-20-22-6-16-27(17-7-22)42(2,40)41/h6-17,19,21H,3-5,18,20H2,1-2H3,(H,34,39). The Morgan fingerprint density at radius 1 is 0.929 bits per heavy atom. The number of amides is 1. The number of carbonyl (C=O) groups is 1. The lowest BCUT2D eigenvalue weighted by atomic mass is 10.1. The number of hydrogen-bond acceptors (Lipinski definition) is 5. The Hall–Kier alpha value is -4.21. The van der Waals surface area contributed by atoms with E-state index in [-0.39, 0.29) is 22.9 Å². The molecule has 5 aromatic rings. The molecule has 3 aromatic carbocycles. The Balaban J connectivity index is 1.41. The largest absolute Gasteiger partial charge is 0.348 e. The van der Waals surface area contributed by atoms with Gasteiger partial charge in [0.05, 0.1) is 16.3 Å². The van der Waals surface area contributed by atoms with Crippen LogP contribution in [0.5, 0.6) is 0 Å². The first kappa shape index (κ1) is 29.3. The molecule has 216 valence electrons. The summed E-state index contributed by atoms with van der Waals surface area (Å²) in [6, 6.07) is 22.5. The number of imidazole rings is 1. The second-order valence-corrected chi connectivity index (χ2v) is 12.7. The van der Waals surface area contributed by atoms with Gasteiger partial charge in [0, 0.05) is 47.8 Å². The summed E-state index contributed by atoms with van der Waals surface area (Å²) in [5, 5.41) is 3.50. The molecule has 0 atom stereocenters. The minimum Gasteiger partial charge on any atom is -0.348 e. The molecule has 5 rings (SSSR count). The number of rotatable bonds is 10. The Labute approximate surface area is 249 Å². The van der Waals surface area contributed by atoms with Gasteiger partial charge in [-0.05, 0) is 53.9 Å². The molecule has 0 unspecified atom stereocenters. The summed E-state index contributed by atoms with van der Waals surface area (Å²) in [5.41, 5.74) is 4.15. The molecule has 8 nitrogen and oxygen atoms in total. The molecule has 0 saturated carbocycles. The Kier molecular flexibility index (Phi) is 8.61. The molecule has 1 amide bonds. The third kappa shape index (κ3) is 6.48. The topological polar surface area (TPSA) is 103 Å². The number of nitrogens with one attached hydrogen (secondary N) is 1. The van der Waals surface area contributed by atoms with Crippen molar-refractivity contribution in [3.05, 3.63) is 112 Å². The molecule has 42 heavy (non-hydrogen) atoms. The average molecular weight is 603 g/mol. The number of carbonyl (C=O) groups excluding carboxylic acids is 1. The van der Waals surface area contributed by atoms with E-state index in [1.807, 2.05) is 24.3 Å². The number of unbranched alkanes of at least 4 members (excludes halogenated alkanes) is 2. The van der Waals surface area contributed by atoms with Gasteiger partial charge in [0.2, 0.25) is 5.78 Å². The lowest BCUT2D eigenvalue weighted by Gasteiger charge is -2.15. The minimum absolute atomic E-state index is 0.192. The fourth-order valence-corrected chi connectivity index (χ4v) is 5.52. The normalized spacial score (nSPS) is 11.6.